The van der Waals surface area contributed by atoms with Gasteiger partial charge < -0.3 is 14.6 Å². The Balaban J connectivity index is 1.28. The lowest BCUT2D eigenvalue weighted by atomic mass is 10.1. The van der Waals surface area contributed by atoms with Crippen molar-refractivity contribution in [3.05, 3.63) is 102 Å². The molecule has 1 aliphatic heterocycles. The lowest BCUT2D eigenvalue weighted by molar-refractivity contribution is -0.901. The fourth-order valence-corrected chi connectivity index (χ4v) is 4.36. The van der Waals surface area contributed by atoms with Gasteiger partial charge in [-0.15, -0.1) is 0 Å². The number of benzene rings is 3. The predicted molar refractivity (Wildman–Crippen MR) is 124 cm³/mol. The standard InChI is InChI=1S/C27H25N3O2/c31-26(29-22-15-16-30(19-22)18-20-9-3-1-4-10-20)23-13-7-8-14-24(23)27-28-17-25(32-27)21-11-5-2-6-12-21/h1-14,17,22H,15-16,18-19H2,(H,29,31)/p+1/t22-/m0/s1. The highest BCUT2D eigenvalue weighted by molar-refractivity contribution is 6.00. The van der Waals surface area contributed by atoms with Crippen molar-refractivity contribution in [3.8, 4) is 22.8 Å². The zero-order valence-corrected chi connectivity index (χ0v) is 17.8. The minimum Gasteiger partial charge on any atom is -0.436 e. The maximum atomic E-state index is 13.1. The van der Waals surface area contributed by atoms with E-state index in [0.29, 0.717) is 22.8 Å². The van der Waals surface area contributed by atoms with Crippen molar-refractivity contribution in [2.45, 2.75) is 19.0 Å². The number of rotatable bonds is 6. The van der Waals surface area contributed by atoms with Crippen molar-refractivity contribution in [2.75, 3.05) is 13.1 Å². The summed E-state index contributed by atoms with van der Waals surface area (Å²) in [5, 5.41) is 3.23. The van der Waals surface area contributed by atoms with Crippen LogP contribution in [0.2, 0.25) is 0 Å². The molecule has 0 spiro atoms. The summed E-state index contributed by atoms with van der Waals surface area (Å²) in [4.78, 5) is 19.1. The molecule has 2 atom stereocenters. The van der Waals surface area contributed by atoms with Crippen LogP contribution in [0.4, 0.5) is 0 Å². The van der Waals surface area contributed by atoms with Crippen LogP contribution in [-0.4, -0.2) is 30.0 Å². The van der Waals surface area contributed by atoms with Crippen LogP contribution in [0.15, 0.2) is 95.5 Å². The molecule has 0 radical (unpaired) electrons. The van der Waals surface area contributed by atoms with E-state index in [1.165, 1.54) is 10.5 Å². The van der Waals surface area contributed by atoms with Gasteiger partial charge in [0.25, 0.3) is 5.91 Å². The Labute approximate surface area is 187 Å². The van der Waals surface area contributed by atoms with Crippen LogP contribution in [0, 0.1) is 0 Å². The lowest BCUT2D eigenvalue weighted by Crippen LogP contribution is -3.09. The molecule has 1 unspecified atom stereocenters. The first-order valence-electron chi connectivity index (χ1n) is 11.1. The van der Waals surface area contributed by atoms with E-state index in [4.69, 9.17) is 4.42 Å². The molecule has 1 saturated heterocycles. The number of nitrogens with zero attached hydrogens (tertiary/aromatic N) is 1. The quantitative estimate of drug-likeness (QED) is 0.497. The summed E-state index contributed by atoms with van der Waals surface area (Å²) in [5.41, 5.74) is 3.59. The smallest absolute Gasteiger partial charge is 0.252 e. The second kappa shape index (κ2) is 9.20. The van der Waals surface area contributed by atoms with Crippen molar-refractivity contribution in [1.29, 1.82) is 0 Å². The molecule has 0 aliphatic carbocycles. The highest BCUT2D eigenvalue weighted by Gasteiger charge is 2.28. The van der Waals surface area contributed by atoms with Crippen LogP contribution in [-0.2, 0) is 6.54 Å². The average Bonchev–Trinajstić information content (AvgIpc) is 3.50. The number of oxazole rings is 1. The topological polar surface area (TPSA) is 59.6 Å². The number of hydrogen-bond acceptors (Lipinski definition) is 3. The van der Waals surface area contributed by atoms with Crippen molar-refractivity contribution in [3.63, 3.8) is 0 Å². The maximum Gasteiger partial charge on any atom is 0.252 e. The molecule has 5 heteroatoms. The number of nitrogens with one attached hydrogen (secondary N) is 2. The molecule has 32 heavy (non-hydrogen) atoms. The second-order valence-electron chi connectivity index (χ2n) is 8.27. The molecule has 4 aromatic rings. The number of likely N-dealkylation sites (tertiary alicyclic amines) is 1. The number of carbonyl (C=O) groups excluding carboxylic acids is 1. The normalized spacial score (nSPS) is 17.9. The fraction of sp³-hybridized carbons (Fsp3) is 0.185. The molecule has 3 aromatic carbocycles. The number of carbonyl (C=O) groups is 1. The first-order valence-corrected chi connectivity index (χ1v) is 11.1. The van der Waals surface area contributed by atoms with Crippen LogP contribution in [0.3, 0.4) is 0 Å². The SMILES string of the molecule is O=C(N[C@H]1CC[NH+](Cc2ccccc2)C1)c1ccccc1-c1ncc(-c2ccccc2)o1. The summed E-state index contributed by atoms with van der Waals surface area (Å²) in [6.07, 6.45) is 2.69. The summed E-state index contributed by atoms with van der Waals surface area (Å²) >= 11 is 0. The first-order chi connectivity index (χ1) is 15.8. The third-order valence-corrected chi connectivity index (χ3v) is 5.98. The highest BCUT2D eigenvalue weighted by atomic mass is 16.4. The molecule has 5 nitrogen and oxygen atoms in total. The molecule has 160 valence electrons. The number of hydrogen-bond donors (Lipinski definition) is 2. The fourth-order valence-electron chi connectivity index (χ4n) is 4.36. The van der Waals surface area contributed by atoms with Crippen LogP contribution in [0.5, 0.6) is 0 Å². The van der Waals surface area contributed by atoms with Crippen molar-refractivity contribution >= 4 is 5.91 Å². The monoisotopic (exact) mass is 424 g/mol. The van der Waals surface area contributed by atoms with Gasteiger partial charge in [-0.1, -0.05) is 72.8 Å². The largest absolute Gasteiger partial charge is 0.436 e. The van der Waals surface area contributed by atoms with Crippen LogP contribution < -0.4 is 10.2 Å². The van der Waals surface area contributed by atoms with E-state index in [0.717, 1.165) is 31.6 Å². The number of quaternary nitrogens is 1. The van der Waals surface area contributed by atoms with E-state index in [2.05, 4.69) is 34.6 Å². The van der Waals surface area contributed by atoms with Crippen LogP contribution in [0.1, 0.15) is 22.3 Å². The first kappa shape index (κ1) is 20.2. The zero-order valence-electron chi connectivity index (χ0n) is 17.8. The van der Waals surface area contributed by atoms with Gasteiger partial charge in [0.1, 0.15) is 6.54 Å². The van der Waals surface area contributed by atoms with Gasteiger partial charge >= 0.3 is 0 Å². The van der Waals surface area contributed by atoms with Gasteiger partial charge in [0.15, 0.2) is 5.76 Å². The average molecular weight is 425 g/mol. The maximum absolute atomic E-state index is 13.1. The van der Waals surface area contributed by atoms with E-state index < -0.39 is 0 Å². The Morgan fingerprint density at radius 2 is 1.69 bits per heavy atom. The van der Waals surface area contributed by atoms with Crippen LogP contribution >= 0.6 is 0 Å². The van der Waals surface area contributed by atoms with E-state index in [1.54, 1.807) is 6.20 Å². The van der Waals surface area contributed by atoms with Gasteiger partial charge in [-0.05, 0) is 12.1 Å². The second-order valence-corrected chi connectivity index (χ2v) is 8.27. The van der Waals surface area contributed by atoms with Crippen molar-refractivity contribution in [1.82, 2.24) is 10.3 Å². The summed E-state index contributed by atoms with van der Waals surface area (Å²) < 4.78 is 6.00. The van der Waals surface area contributed by atoms with Gasteiger partial charge in [0.2, 0.25) is 5.89 Å². The van der Waals surface area contributed by atoms with E-state index in [1.807, 2.05) is 60.7 Å². The Bertz CT molecular complexity index is 1190. The molecule has 1 aliphatic rings. The van der Waals surface area contributed by atoms with Gasteiger partial charge in [-0.3, -0.25) is 4.79 Å². The number of aromatic nitrogens is 1. The Kier molecular flexibility index (Phi) is 5.81. The molecule has 1 amide bonds. The highest BCUT2D eigenvalue weighted by Crippen LogP contribution is 2.28. The Hall–Kier alpha value is -3.70. The van der Waals surface area contributed by atoms with E-state index >= 15 is 0 Å². The Morgan fingerprint density at radius 3 is 2.50 bits per heavy atom. The molecule has 2 N–H and O–H groups in total. The molecule has 0 bridgehead atoms. The van der Waals surface area contributed by atoms with Crippen molar-refractivity contribution < 1.29 is 14.1 Å². The summed E-state index contributed by atoms with van der Waals surface area (Å²) in [6.45, 7) is 2.98. The zero-order chi connectivity index (χ0) is 21.8. The third-order valence-electron chi connectivity index (χ3n) is 5.98. The van der Waals surface area contributed by atoms with E-state index in [-0.39, 0.29) is 11.9 Å². The summed E-state index contributed by atoms with van der Waals surface area (Å²) in [5.74, 6) is 1.06. The van der Waals surface area contributed by atoms with Gasteiger partial charge in [-0.25, -0.2) is 4.98 Å². The van der Waals surface area contributed by atoms with Gasteiger partial charge in [0, 0.05) is 23.1 Å². The predicted octanol–water partition coefficient (Wildman–Crippen LogP) is 3.60. The lowest BCUT2D eigenvalue weighted by Gasteiger charge is -2.15. The van der Waals surface area contributed by atoms with Crippen molar-refractivity contribution in [2.24, 2.45) is 0 Å². The molecule has 0 saturated carbocycles. The minimum atomic E-state index is -0.0778. The van der Waals surface area contributed by atoms with Crippen LogP contribution in [0.25, 0.3) is 22.8 Å². The molecule has 1 fully saturated rings. The van der Waals surface area contributed by atoms with E-state index in [9.17, 15) is 4.79 Å². The molecular formula is C27H26N3O2+. The Morgan fingerprint density at radius 1 is 0.969 bits per heavy atom. The third kappa shape index (κ3) is 4.48. The van der Waals surface area contributed by atoms with Gasteiger partial charge in [0.05, 0.1) is 30.9 Å². The van der Waals surface area contributed by atoms with Gasteiger partial charge in [-0.2, -0.15) is 0 Å². The molecule has 2 heterocycles. The molecular weight excluding hydrogens is 398 g/mol. The summed E-state index contributed by atoms with van der Waals surface area (Å²) in [6, 6.07) is 28.0. The molecule has 5 rings (SSSR count). The molecule has 1 aromatic heterocycles. The number of amides is 1. The summed E-state index contributed by atoms with van der Waals surface area (Å²) in [7, 11) is 0. The minimum absolute atomic E-state index is 0.0778.